The van der Waals surface area contributed by atoms with Gasteiger partial charge >= 0.3 is 6.03 Å². The zero-order valence-electron chi connectivity index (χ0n) is 17.8. The minimum atomic E-state index is -1.14. The third kappa shape index (κ3) is 1.85. The van der Waals surface area contributed by atoms with Crippen LogP contribution in [0.2, 0.25) is 0 Å². The molecule has 0 aromatic heterocycles. The fraction of sp³-hybridized carbons (Fsp3) is 0.625. The number of phenols is 1. The van der Waals surface area contributed by atoms with Gasteiger partial charge in [-0.15, -0.1) is 0 Å². The topological polar surface area (TPSA) is 117 Å². The normalized spacial score (nSPS) is 43.5. The van der Waals surface area contributed by atoms with Crippen molar-refractivity contribution in [3.8, 4) is 11.8 Å². The number of rotatable bonds is 3. The smallest absolute Gasteiger partial charge is 0.325 e. The number of hydrogen-bond acceptors (Lipinski definition) is 6. The number of likely N-dealkylation sites (tertiary alicyclic amines) is 1. The number of hydrogen-bond donors (Lipinski definition) is 3. The van der Waals surface area contributed by atoms with E-state index in [2.05, 4.69) is 10.2 Å². The van der Waals surface area contributed by atoms with Crippen molar-refractivity contribution >= 4 is 11.9 Å². The summed E-state index contributed by atoms with van der Waals surface area (Å²) in [7, 11) is 0. The van der Waals surface area contributed by atoms with Crippen molar-refractivity contribution in [2.24, 2.45) is 5.92 Å². The first kappa shape index (κ1) is 18.9. The fourth-order valence-corrected chi connectivity index (χ4v) is 8.45. The molecule has 0 radical (unpaired) electrons. The van der Waals surface area contributed by atoms with Gasteiger partial charge in [-0.05, 0) is 67.7 Å². The van der Waals surface area contributed by atoms with Crippen molar-refractivity contribution in [2.75, 3.05) is 19.6 Å². The number of carbonyl (C=O) groups is 2. The van der Waals surface area contributed by atoms with Gasteiger partial charge in [0.1, 0.15) is 17.8 Å². The molecular formula is C24H26N4O4. The second-order valence-electron chi connectivity index (χ2n) is 11.1. The molecule has 2 aliphatic heterocycles. The van der Waals surface area contributed by atoms with Crippen LogP contribution in [0, 0.1) is 17.2 Å². The lowest BCUT2D eigenvalue weighted by Gasteiger charge is -2.64. The summed E-state index contributed by atoms with van der Waals surface area (Å²) in [5.41, 5.74) is -1.000. The van der Waals surface area contributed by atoms with E-state index >= 15 is 0 Å². The number of urea groups is 1. The number of amides is 3. The SMILES string of the molecule is N#CCN1C(=O)NC(=O)[C@@]12CC[C@@]1(O)[C@@H]3N(CC4CC4)CC34C[C@@]1(C2)c1cc(O)ccc14. The lowest BCUT2D eigenvalue weighted by molar-refractivity contribution is -0.166. The lowest BCUT2D eigenvalue weighted by Crippen LogP contribution is -2.76. The van der Waals surface area contributed by atoms with E-state index in [0.29, 0.717) is 25.2 Å². The molecule has 1 unspecified atom stereocenters. The largest absolute Gasteiger partial charge is 0.508 e. The molecule has 6 aliphatic rings. The molecule has 3 spiro atoms. The van der Waals surface area contributed by atoms with Crippen molar-refractivity contribution in [2.45, 2.75) is 66.5 Å². The Bertz CT molecular complexity index is 1140. The van der Waals surface area contributed by atoms with E-state index in [0.717, 1.165) is 18.7 Å². The zero-order chi connectivity index (χ0) is 22.1. The van der Waals surface area contributed by atoms with Crippen molar-refractivity contribution < 1.29 is 19.8 Å². The molecule has 2 heterocycles. The Morgan fingerprint density at radius 2 is 2.00 bits per heavy atom. The van der Waals surface area contributed by atoms with Crippen molar-refractivity contribution in [1.29, 1.82) is 5.26 Å². The highest BCUT2D eigenvalue weighted by Gasteiger charge is 2.83. The van der Waals surface area contributed by atoms with Crippen LogP contribution in [0.25, 0.3) is 0 Å². The number of nitrogens with one attached hydrogen (secondary N) is 1. The maximum absolute atomic E-state index is 13.2. The molecule has 2 bridgehead atoms. The number of nitrogens with zero attached hydrogens (tertiary/aromatic N) is 3. The van der Waals surface area contributed by atoms with Crippen LogP contribution in [0.5, 0.6) is 5.75 Å². The minimum absolute atomic E-state index is 0.00502. The molecule has 166 valence electrons. The highest BCUT2D eigenvalue weighted by Crippen LogP contribution is 2.75. The summed E-state index contributed by atoms with van der Waals surface area (Å²) in [6.45, 7) is 1.72. The van der Waals surface area contributed by atoms with E-state index in [1.54, 1.807) is 12.1 Å². The monoisotopic (exact) mass is 434 g/mol. The first-order valence-electron chi connectivity index (χ1n) is 11.6. The van der Waals surface area contributed by atoms with E-state index in [1.807, 2.05) is 12.1 Å². The molecule has 5 fully saturated rings. The van der Waals surface area contributed by atoms with E-state index in [1.165, 1.54) is 23.3 Å². The Morgan fingerprint density at radius 3 is 2.75 bits per heavy atom. The Balaban J connectivity index is 1.40. The molecule has 5 atom stereocenters. The summed E-state index contributed by atoms with van der Waals surface area (Å²) in [5, 5.41) is 34.5. The minimum Gasteiger partial charge on any atom is -0.508 e. The van der Waals surface area contributed by atoms with Crippen LogP contribution in [-0.2, 0) is 15.6 Å². The number of carbonyl (C=O) groups excluding carboxylic acids is 2. The van der Waals surface area contributed by atoms with Gasteiger partial charge in [0.05, 0.1) is 17.7 Å². The summed E-state index contributed by atoms with van der Waals surface area (Å²) < 4.78 is 0. The molecular weight excluding hydrogens is 408 g/mol. The Morgan fingerprint density at radius 1 is 1.19 bits per heavy atom. The summed E-state index contributed by atoms with van der Waals surface area (Å²) in [6.07, 6.45) is 4.21. The summed E-state index contributed by atoms with van der Waals surface area (Å²) in [6, 6.07) is 6.98. The molecule has 1 aromatic carbocycles. The number of aromatic hydroxyl groups is 1. The van der Waals surface area contributed by atoms with Crippen molar-refractivity contribution in [3.05, 3.63) is 29.3 Å². The van der Waals surface area contributed by atoms with Gasteiger partial charge in [0.2, 0.25) is 0 Å². The number of phenolic OH excluding ortho intramolecular Hbond substituents is 1. The van der Waals surface area contributed by atoms with Gasteiger partial charge < -0.3 is 10.2 Å². The molecule has 8 nitrogen and oxygen atoms in total. The predicted octanol–water partition coefficient (Wildman–Crippen LogP) is 1.11. The average molecular weight is 434 g/mol. The number of nitriles is 1. The van der Waals surface area contributed by atoms with Gasteiger partial charge in [0, 0.05) is 23.9 Å². The highest BCUT2D eigenvalue weighted by atomic mass is 16.3. The van der Waals surface area contributed by atoms with Crippen LogP contribution >= 0.6 is 0 Å². The summed E-state index contributed by atoms with van der Waals surface area (Å²) in [5.74, 6) is 0.492. The molecule has 3 N–H and O–H groups in total. The van der Waals surface area contributed by atoms with Gasteiger partial charge in [0.15, 0.2) is 0 Å². The standard InChI is InChI=1S/C24H26N4O4/c25-7-8-28-20(31)26-19(30)23(28)5-6-24(32)18-21(13-27(18)10-14-1-2-14)11-22(24,12-23)17-9-15(29)3-4-16(17)21/h3-4,9,14,18,29,32H,1-2,5-6,8,10-13H2,(H,26,30,31)/t18-,21?,22-,23+,24-/m1/s1. The third-order valence-corrected chi connectivity index (χ3v) is 9.66. The van der Waals surface area contributed by atoms with Crippen molar-refractivity contribution in [3.63, 3.8) is 0 Å². The van der Waals surface area contributed by atoms with Crippen LogP contribution < -0.4 is 5.32 Å². The van der Waals surface area contributed by atoms with Gasteiger partial charge in [-0.2, -0.15) is 5.26 Å². The molecule has 4 aliphatic carbocycles. The van der Waals surface area contributed by atoms with Gasteiger partial charge in [-0.25, -0.2) is 4.79 Å². The van der Waals surface area contributed by atoms with Gasteiger partial charge in [0.25, 0.3) is 5.91 Å². The van der Waals surface area contributed by atoms with Crippen LogP contribution in [-0.4, -0.2) is 68.8 Å². The fourth-order valence-electron chi connectivity index (χ4n) is 8.45. The average Bonchev–Trinajstić information content (AvgIpc) is 3.43. The molecule has 7 rings (SSSR count). The Kier molecular flexibility index (Phi) is 3.23. The number of fused-ring (bicyclic) bond motifs is 2. The maximum atomic E-state index is 13.2. The molecule has 8 heteroatoms. The maximum Gasteiger partial charge on any atom is 0.325 e. The Hall–Kier alpha value is -2.63. The van der Waals surface area contributed by atoms with E-state index in [9.17, 15) is 25.1 Å². The van der Waals surface area contributed by atoms with Crippen LogP contribution in [0.1, 0.15) is 49.7 Å². The van der Waals surface area contributed by atoms with Crippen LogP contribution in [0.4, 0.5) is 4.79 Å². The lowest BCUT2D eigenvalue weighted by atomic mass is 9.52. The summed E-state index contributed by atoms with van der Waals surface area (Å²) in [4.78, 5) is 29.6. The number of benzene rings is 1. The number of imide groups is 1. The first-order valence-corrected chi connectivity index (χ1v) is 11.6. The van der Waals surface area contributed by atoms with E-state index in [4.69, 9.17) is 0 Å². The van der Waals surface area contributed by atoms with Gasteiger partial charge in [-0.3, -0.25) is 19.9 Å². The Labute approximate surface area is 185 Å². The molecule has 32 heavy (non-hydrogen) atoms. The molecule has 3 saturated carbocycles. The van der Waals surface area contributed by atoms with Crippen molar-refractivity contribution in [1.82, 2.24) is 15.1 Å². The van der Waals surface area contributed by atoms with E-state index < -0.39 is 22.6 Å². The molecule has 2 saturated heterocycles. The third-order valence-electron chi connectivity index (χ3n) is 9.66. The second kappa shape index (κ2) is 5.46. The van der Waals surface area contributed by atoms with Crippen LogP contribution in [0.15, 0.2) is 18.2 Å². The predicted molar refractivity (Wildman–Crippen MR) is 112 cm³/mol. The zero-order valence-corrected chi connectivity index (χ0v) is 17.8. The molecule has 1 aromatic rings. The quantitative estimate of drug-likeness (QED) is 0.485. The van der Waals surface area contributed by atoms with Gasteiger partial charge in [-0.1, -0.05) is 6.07 Å². The highest BCUT2D eigenvalue weighted by molar-refractivity contribution is 6.07. The summed E-state index contributed by atoms with van der Waals surface area (Å²) >= 11 is 0. The molecule has 3 amide bonds. The van der Waals surface area contributed by atoms with Crippen LogP contribution in [0.3, 0.4) is 0 Å². The first-order chi connectivity index (χ1) is 15.3. The second-order valence-corrected chi connectivity index (χ2v) is 11.1. The number of aliphatic hydroxyl groups is 1. The van der Waals surface area contributed by atoms with E-state index in [-0.39, 0.29) is 36.1 Å².